The van der Waals surface area contributed by atoms with Crippen LogP contribution < -0.4 is 5.32 Å². The second-order valence-corrected chi connectivity index (χ2v) is 6.56. The summed E-state index contributed by atoms with van der Waals surface area (Å²) >= 11 is 6.03. The number of rotatable bonds is 5. The van der Waals surface area contributed by atoms with Gasteiger partial charge in [0.1, 0.15) is 5.82 Å². The smallest absolute Gasteiger partial charge is 0.324 e. The summed E-state index contributed by atoms with van der Waals surface area (Å²) in [4.78, 5) is 38.9. The van der Waals surface area contributed by atoms with Gasteiger partial charge in [0.2, 0.25) is 5.91 Å². The minimum absolute atomic E-state index is 0.0121. The zero-order valence-corrected chi connectivity index (χ0v) is 15.3. The molecule has 1 aliphatic heterocycles. The minimum atomic E-state index is -0.492. The summed E-state index contributed by atoms with van der Waals surface area (Å²) in [6.45, 7) is -0.0800. The molecule has 0 spiro atoms. The molecule has 1 heterocycles. The number of hydrogen-bond donors (Lipinski definition) is 1. The predicted octanol–water partition coefficient (Wildman–Crippen LogP) is 2.80. The van der Waals surface area contributed by atoms with E-state index in [9.17, 15) is 18.8 Å². The lowest BCUT2D eigenvalue weighted by Crippen LogP contribution is -2.32. The lowest BCUT2D eigenvalue weighted by molar-refractivity contribution is -0.125. The van der Waals surface area contributed by atoms with Gasteiger partial charge in [-0.05, 0) is 23.8 Å². The molecule has 4 amide bonds. The van der Waals surface area contributed by atoms with E-state index in [0.717, 1.165) is 4.90 Å². The van der Waals surface area contributed by atoms with Crippen molar-refractivity contribution in [3.63, 3.8) is 0 Å². The normalized spacial score (nSPS) is 13.7. The van der Waals surface area contributed by atoms with Gasteiger partial charge in [0.05, 0.1) is 13.1 Å². The van der Waals surface area contributed by atoms with Crippen molar-refractivity contribution >= 4 is 29.4 Å². The third-order valence-corrected chi connectivity index (χ3v) is 4.67. The van der Waals surface area contributed by atoms with E-state index >= 15 is 0 Å². The highest BCUT2D eigenvalue weighted by Crippen LogP contribution is 2.22. The first-order chi connectivity index (χ1) is 12.9. The number of nitrogens with zero attached hydrogens (tertiary/aromatic N) is 2. The maximum atomic E-state index is 14.0. The molecule has 0 atom stereocenters. The molecule has 1 fully saturated rings. The Morgan fingerprint density at radius 2 is 1.96 bits per heavy atom. The van der Waals surface area contributed by atoms with E-state index in [4.69, 9.17) is 11.6 Å². The molecule has 27 heavy (non-hydrogen) atoms. The average molecular weight is 390 g/mol. The van der Waals surface area contributed by atoms with Crippen molar-refractivity contribution in [1.29, 1.82) is 0 Å². The molecule has 0 aromatic heterocycles. The second-order valence-electron chi connectivity index (χ2n) is 6.16. The Hall–Kier alpha value is -2.93. The molecule has 2 aromatic carbocycles. The monoisotopic (exact) mass is 389 g/mol. The van der Waals surface area contributed by atoms with Crippen LogP contribution in [0.1, 0.15) is 21.5 Å². The van der Waals surface area contributed by atoms with E-state index in [-0.39, 0.29) is 42.0 Å². The molecular formula is C19H17ClFN3O3. The number of carbonyl (C=O) groups excluding carboxylic acids is 3. The van der Waals surface area contributed by atoms with Crippen molar-refractivity contribution in [1.82, 2.24) is 15.1 Å². The van der Waals surface area contributed by atoms with E-state index in [1.807, 2.05) is 0 Å². The fraction of sp³-hybridized carbons (Fsp3) is 0.211. The van der Waals surface area contributed by atoms with Crippen molar-refractivity contribution in [3.8, 4) is 0 Å². The molecule has 1 N–H and O–H groups in total. The van der Waals surface area contributed by atoms with Crippen LogP contribution in [0.15, 0.2) is 42.5 Å². The molecule has 0 saturated carbocycles. The number of carbonyl (C=O) groups is 3. The molecule has 0 aliphatic carbocycles. The molecule has 0 radical (unpaired) electrons. The SMILES string of the molecule is CN(Cc1c(F)cccc1Cl)C(=O)c1ccccc1CN1C(=O)CNC1=O. The largest absolute Gasteiger partial charge is 0.337 e. The zero-order chi connectivity index (χ0) is 19.6. The third kappa shape index (κ3) is 3.93. The van der Waals surface area contributed by atoms with Crippen molar-refractivity contribution in [3.05, 3.63) is 70.0 Å². The van der Waals surface area contributed by atoms with Crippen molar-refractivity contribution in [2.45, 2.75) is 13.1 Å². The first kappa shape index (κ1) is 18.8. The van der Waals surface area contributed by atoms with E-state index in [2.05, 4.69) is 5.32 Å². The van der Waals surface area contributed by atoms with Crippen LogP contribution in [0, 0.1) is 5.82 Å². The number of imide groups is 1. The lowest BCUT2D eigenvalue weighted by atomic mass is 10.1. The average Bonchev–Trinajstić information content (AvgIpc) is 2.96. The lowest BCUT2D eigenvalue weighted by Gasteiger charge is -2.21. The second kappa shape index (κ2) is 7.75. The van der Waals surface area contributed by atoms with Crippen molar-refractivity contribution in [2.75, 3.05) is 13.6 Å². The van der Waals surface area contributed by atoms with Crippen LogP contribution in [0.5, 0.6) is 0 Å². The highest BCUT2D eigenvalue weighted by Gasteiger charge is 2.29. The van der Waals surface area contributed by atoms with Gasteiger partial charge in [0, 0.05) is 29.7 Å². The van der Waals surface area contributed by atoms with Crippen LogP contribution >= 0.6 is 11.6 Å². The van der Waals surface area contributed by atoms with Gasteiger partial charge in [-0.2, -0.15) is 0 Å². The quantitative estimate of drug-likeness (QED) is 0.799. The maximum absolute atomic E-state index is 14.0. The summed E-state index contributed by atoms with van der Waals surface area (Å²) in [5.74, 6) is -1.21. The third-order valence-electron chi connectivity index (χ3n) is 4.32. The maximum Gasteiger partial charge on any atom is 0.324 e. The summed E-state index contributed by atoms with van der Waals surface area (Å²) in [6, 6.07) is 10.5. The minimum Gasteiger partial charge on any atom is -0.337 e. The molecule has 1 aliphatic rings. The summed E-state index contributed by atoms with van der Waals surface area (Å²) in [7, 11) is 1.54. The van der Waals surface area contributed by atoms with Crippen LogP contribution in [0.3, 0.4) is 0 Å². The molecule has 0 bridgehead atoms. The van der Waals surface area contributed by atoms with Crippen molar-refractivity contribution < 1.29 is 18.8 Å². The summed E-state index contributed by atoms with van der Waals surface area (Å²) in [5, 5.41) is 2.68. The zero-order valence-electron chi connectivity index (χ0n) is 14.5. The summed E-state index contributed by atoms with van der Waals surface area (Å²) in [5.41, 5.74) is 1.08. The topological polar surface area (TPSA) is 69.7 Å². The molecule has 3 rings (SSSR count). The standard InChI is InChI=1S/C19H17ClFN3O3/c1-23(11-14-15(20)7-4-8-16(14)21)18(26)13-6-3-2-5-12(13)10-24-17(25)9-22-19(24)27/h2-8H,9-11H2,1H3,(H,22,27). The predicted molar refractivity (Wildman–Crippen MR) is 97.6 cm³/mol. The molecule has 0 unspecified atom stereocenters. The van der Waals surface area contributed by atoms with Crippen molar-refractivity contribution in [2.24, 2.45) is 0 Å². The summed E-state index contributed by atoms with van der Waals surface area (Å²) < 4.78 is 14.0. The van der Waals surface area contributed by atoms with Gasteiger partial charge >= 0.3 is 6.03 Å². The number of hydrogen-bond acceptors (Lipinski definition) is 3. The molecule has 140 valence electrons. The van der Waals surface area contributed by atoms with Gasteiger partial charge in [-0.1, -0.05) is 35.9 Å². The molecular weight excluding hydrogens is 373 g/mol. The number of amides is 4. The molecule has 2 aromatic rings. The summed E-state index contributed by atoms with van der Waals surface area (Å²) in [6.07, 6.45) is 0. The first-order valence-corrected chi connectivity index (χ1v) is 8.60. The van der Waals surface area contributed by atoms with Crippen LogP contribution in [-0.2, 0) is 17.9 Å². The molecule has 1 saturated heterocycles. The van der Waals surface area contributed by atoms with Crippen LogP contribution in [0.2, 0.25) is 5.02 Å². The molecule has 8 heteroatoms. The van der Waals surface area contributed by atoms with E-state index in [1.165, 1.54) is 24.1 Å². The van der Waals surface area contributed by atoms with Gasteiger partial charge in [-0.3, -0.25) is 14.5 Å². The van der Waals surface area contributed by atoms with Crippen LogP contribution in [0.4, 0.5) is 9.18 Å². The van der Waals surface area contributed by atoms with Crippen LogP contribution in [-0.4, -0.2) is 41.2 Å². The van der Waals surface area contributed by atoms with Gasteiger partial charge in [-0.25, -0.2) is 9.18 Å². The Morgan fingerprint density at radius 1 is 1.22 bits per heavy atom. The van der Waals surface area contributed by atoms with Gasteiger partial charge < -0.3 is 10.2 Å². The number of halogens is 2. The fourth-order valence-electron chi connectivity index (χ4n) is 2.85. The van der Waals surface area contributed by atoms with Gasteiger partial charge in [-0.15, -0.1) is 0 Å². The van der Waals surface area contributed by atoms with E-state index in [1.54, 1.807) is 30.3 Å². The first-order valence-electron chi connectivity index (χ1n) is 8.23. The highest BCUT2D eigenvalue weighted by atomic mass is 35.5. The highest BCUT2D eigenvalue weighted by molar-refractivity contribution is 6.31. The number of benzene rings is 2. The molecule has 6 nitrogen and oxygen atoms in total. The Labute approximate surface area is 160 Å². The van der Waals surface area contributed by atoms with Gasteiger partial charge in [0.25, 0.3) is 5.91 Å². The van der Waals surface area contributed by atoms with E-state index < -0.39 is 11.8 Å². The van der Waals surface area contributed by atoms with Gasteiger partial charge in [0.15, 0.2) is 0 Å². The number of urea groups is 1. The fourth-order valence-corrected chi connectivity index (χ4v) is 3.07. The Bertz CT molecular complexity index is 883. The number of nitrogens with one attached hydrogen (secondary N) is 1. The Balaban J connectivity index is 1.82. The van der Waals surface area contributed by atoms with Crippen LogP contribution in [0.25, 0.3) is 0 Å². The Kier molecular flexibility index (Phi) is 5.41. The van der Waals surface area contributed by atoms with E-state index in [0.29, 0.717) is 11.1 Å². The Morgan fingerprint density at radius 3 is 2.63 bits per heavy atom.